The highest BCUT2D eigenvalue weighted by atomic mass is 19.1. The third-order valence-electron chi connectivity index (χ3n) is 6.89. The Morgan fingerprint density at radius 3 is 2.30 bits per heavy atom. The smallest absolute Gasteiger partial charge is 0.216 e. The summed E-state index contributed by atoms with van der Waals surface area (Å²) in [5, 5.41) is 11.8. The second-order valence-corrected chi connectivity index (χ2v) is 9.18. The van der Waals surface area contributed by atoms with E-state index in [9.17, 15) is 9.65 Å². The summed E-state index contributed by atoms with van der Waals surface area (Å²) >= 11 is 0. The molecular formula is C33H24FN2O+. The SMILES string of the molecule is [2H]C([2H])([2H])c1ccc(-c2c(C#N)ccc3c2oc2c(-c4ccc(F)c[n+]4C)c(C)ccc23)cc1-c1ccccc1. The van der Waals surface area contributed by atoms with Crippen LogP contribution in [0.3, 0.4) is 0 Å². The van der Waals surface area contributed by atoms with Gasteiger partial charge in [-0.15, -0.1) is 0 Å². The van der Waals surface area contributed by atoms with Gasteiger partial charge in [0, 0.05) is 26.5 Å². The van der Waals surface area contributed by atoms with Crippen molar-refractivity contribution in [1.29, 1.82) is 5.26 Å². The number of furan rings is 1. The summed E-state index contributed by atoms with van der Waals surface area (Å²) < 4.78 is 46.6. The van der Waals surface area contributed by atoms with Crippen molar-refractivity contribution in [3.63, 3.8) is 0 Å². The maximum Gasteiger partial charge on any atom is 0.216 e. The molecule has 0 bridgehead atoms. The third-order valence-corrected chi connectivity index (χ3v) is 6.89. The van der Waals surface area contributed by atoms with Gasteiger partial charge in [-0.05, 0) is 65.9 Å². The van der Waals surface area contributed by atoms with Gasteiger partial charge in [0.25, 0.3) is 0 Å². The molecule has 0 aliphatic rings. The van der Waals surface area contributed by atoms with Crippen molar-refractivity contribution in [2.75, 3.05) is 0 Å². The lowest BCUT2D eigenvalue weighted by molar-refractivity contribution is -0.661. The summed E-state index contributed by atoms with van der Waals surface area (Å²) in [6.45, 7) is -0.336. The minimum Gasteiger partial charge on any atom is -0.454 e. The van der Waals surface area contributed by atoms with Crippen molar-refractivity contribution in [2.45, 2.75) is 13.8 Å². The van der Waals surface area contributed by atoms with Crippen molar-refractivity contribution in [2.24, 2.45) is 7.05 Å². The summed E-state index contributed by atoms with van der Waals surface area (Å²) in [5.41, 5.74) is 7.03. The maximum atomic E-state index is 13.9. The van der Waals surface area contributed by atoms with Crippen LogP contribution in [-0.2, 0) is 7.05 Å². The maximum absolute atomic E-state index is 13.9. The fourth-order valence-corrected chi connectivity index (χ4v) is 5.09. The van der Waals surface area contributed by atoms with Gasteiger partial charge in [0.05, 0.1) is 17.2 Å². The molecule has 0 saturated carbocycles. The van der Waals surface area contributed by atoms with Crippen LogP contribution in [0.4, 0.5) is 4.39 Å². The average Bonchev–Trinajstić information content (AvgIpc) is 3.31. The standard InChI is InChI=1S/C33H24FN2O/c1-20-9-11-23(17-28(20)22-7-5-4-6-8-22)31-24(18-35)12-15-27-26-14-10-21(2)30(32(26)37-33(27)31)29-16-13-25(34)19-36(29)3/h4-17,19H,1-3H3/q+1/i1D3. The molecule has 4 aromatic carbocycles. The van der Waals surface area contributed by atoms with Crippen LogP contribution in [0.2, 0.25) is 0 Å². The Bertz CT molecular complexity index is 1990. The summed E-state index contributed by atoms with van der Waals surface area (Å²) in [6.07, 6.45) is 1.42. The van der Waals surface area contributed by atoms with Gasteiger partial charge in [0.15, 0.2) is 5.82 Å². The molecule has 2 aromatic heterocycles. The van der Waals surface area contributed by atoms with Gasteiger partial charge in [0.1, 0.15) is 18.2 Å². The highest BCUT2D eigenvalue weighted by Gasteiger charge is 2.23. The second kappa shape index (κ2) is 8.72. The van der Waals surface area contributed by atoms with Crippen molar-refractivity contribution in [3.8, 4) is 39.6 Å². The van der Waals surface area contributed by atoms with Crippen molar-refractivity contribution in [3.05, 3.63) is 114 Å². The molecule has 0 aliphatic heterocycles. The Morgan fingerprint density at radius 1 is 0.838 bits per heavy atom. The van der Waals surface area contributed by atoms with Crippen LogP contribution in [0.1, 0.15) is 20.8 Å². The third kappa shape index (κ3) is 3.68. The number of aromatic nitrogens is 1. The van der Waals surface area contributed by atoms with Crippen molar-refractivity contribution >= 4 is 21.9 Å². The van der Waals surface area contributed by atoms with E-state index in [1.54, 1.807) is 35.9 Å². The average molecular weight is 487 g/mol. The zero-order valence-corrected chi connectivity index (χ0v) is 20.3. The number of nitriles is 1. The first kappa shape index (κ1) is 19.4. The molecule has 0 saturated heterocycles. The van der Waals surface area contributed by atoms with E-state index in [0.29, 0.717) is 33.4 Å². The minimum atomic E-state index is -2.32. The molecule has 0 atom stereocenters. The summed E-state index contributed by atoms with van der Waals surface area (Å²) in [4.78, 5) is 0. The number of hydrogen-bond donors (Lipinski definition) is 0. The quantitative estimate of drug-likeness (QED) is 0.238. The predicted octanol–water partition coefficient (Wildman–Crippen LogP) is 8.04. The number of hydrogen-bond acceptors (Lipinski definition) is 2. The van der Waals surface area contributed by atoms with E-state index in [1.807, 2.05) is 61.5 Å². The summed E-state index contributed by atoms with van der Waals surface area (Å²) in [6, 6.07) is 27.6. The Hall–Kier alpha value is -4.75. The predicted molar refractivity (Wildman–Crippen MR) is 145 cm³/mol. The molecule has 0 aliphatic carbocycles. The number of aryl methyl sites for hydroxylation is 3. The summed E-state index contributed by atoms with van der Waals surface area (Å²) in [7, 11) is 1.79. The van der Waals surface area contributed by atoms with Crippen LogP contribution in [-0.4, -0.2) is 0 Å². The molecule has 0 fully saturated rings. The van der Waals surface area contributed by atoms with Crippen molar-refractivity contribution < 1.29 is 17.5 Å². The van der Waals surface area contributed by atoms with Crippen molar-refractivity contribution in [1.82, 2.24) is 0 Å². The van der Waals surface area contributed by atoms with Crippen LogP contribution in [0, 0.1) is 30.9 Å². The van der Waals surface area contributed by atoms with E-state index in [2.05, 4.69) is 6.07 Å². The lowest BCUT2D eigenvalue weighted by Gasteiger charge is -2.11. The zero-order valence-electron chi connectivity index (χ0n) is 23.3. The van der Waals surface area contributed by atoms with Crippen LogP contribution in [0.15, 0.2) is 95.5 Å². The number of halogens is 1. The van der Waals surface area contributed by atoms with E-state index in [0.717, 1.165) is 33.2 Å². The van der Waals surface area contributed by atoms with Gasteiger partial charge >= 0.3 is 0 Å². The lowest BCUT2D eigenvalue weighted by Crippen LogP contribution is -2.31. The van der Waals surface area contributed by atoms with Gasteiger partial charge in [0.2, 0.25) is 11.9 Å². The number of rotatable bonds is 3. The molecule has 6 aromatic rings. The number of pyridine rings is 1. The topological polar surface area (TPSA) is 40.8 Å². The lowest BCUT2D eigenvalue weighted by atomic mass is 9.92. The largest absolute Gasteiger partial charge is 0.454 e. The fraction of sp³-hybridized carbons (Fsp3) is 0.0909. The summed E-state index contributed by atoms with van der Waals surface area (Å²) in [5.74, 6) is -0.337. The van der Waals surface area contributed by atoms with Crippen LogP contribution in [0.25, 0.3) is 55.4 Å². The Balaban J connectivity index is 1.68. The second-order valence-electron chi connectivity index (χ2n) is 9.18. The minimum absolute atomic E-state index is 0.236. The first-order valence-corrected chi connectivity index (χ1v) is 11.9. The molecule has 3 nitrogen and oxygen atoms in total. The molecule has 0 radical (unpaired) electrons. The Labute approximate surface area is 218 Å². The molecule has 2 heterocycles. The van der Waals surface area contributed by atoms with Gasteiger partial charge in [-0.2, -0.15) is 9.83 Å². The van der Waals surface area contributed by atoms with Gasteiger partial charge in [-0.1, -0.05) is 54.6 Å². The van der Waals surface area contributed by atoms with Gasteiger partial charge < -0.3 is 4.42 Å². The number of nitrogens with zero attached hydrogens (tertiary/aromatic N) is 2. The highest BCUT2D eigenvalue weighted by molar-refractivity contribution is 6.14. The first-order chi connectivity index (χ1) is 19.2. The molecule has 0 amide bonds. The molecule has 6 rings (SSSR count). The van der Waals surface area contributed by atoms with E-state index in [1.165, 1.54) is 12.3 Å². The molecular weight excluding hydrogens is 459 g/mol. The monoisotopic (exact) mass is 486 g/mol. The molecule has 178 valence electrons. The number of fused-ring (bicyclic) bond motifs is 3. The van der Waals surface area contributed by atoms with Gasteiger partial charge in [-0.3, -0.25) is 0 Å². The molecule has 0 spiro atoms. The first-order valence-electron chi connectivity index (χ1n) is 13.4. The van der Waals surface area contributed by atoms with E-state index in [-0.39, 0.29) is 11.4 Å². The van der Waals surface area contributed by atoms with E-state index >= 15 is 0 Å². The number of benzene rings is 4. The highest BCUT2D eigenvalue weighted by Crippen LogP contribution is 2.42. The van der Waals surface area contributed by atoms with Gasteiger partial charge in [-0.25, -0.2) is 4.39 Å². The van der Waals surface area contributed by atoms with E-state index < -0.39 is 6.85 Å². The van der Waals surface area contributed by atoms with Crippen LogP contribution in [0.5, 0.6) is 0 Å². The normalized spacial score (nSPS) is 12.8. The fourth-order valence-electron chi connectivity index (χ4n) is 5.09. The van der Waals surface area contributed by atoms with E-state index in [4.69, 9.17) is 8.53 Å². The Kier molecular flexibility index (Phi) is 4.58. The Morgan fingerprint density at radius 2 is 1.57 bits per heavy atom. The van der Waals surface area contributed by atoms with Crippen LogP contribution < -0.4 is 4.57 Å². The molecule has 4 heteroatoms. The molecule has 37 heavy (non-hydrogen) atoms. The molecule has 0 N–H and O–H groups in total. The zero-order chi connectivity index (χ0) is 28.2. The van der Waals surface area contributed by atoms with Crippen LogP contribution >= 0.6 is 0 Å². The molecule has 0 unspecified atom stereocenters.